The Balaban J connectivity index is 2.16. The van der Waals surface area contributed by atoms with Crippen molar-refractivity contribution in [3.8, 4) is 5.75 Å². The number of benzene rings is 1. The quantitative estimate of drug-likeness (QED) is 0.727. The molecule has 20 heavy (non-hydrogen) atoms. The van der Waals surface area contributed by atoms with Crippen LogP contribution >= 0.6 is 0 Å². The lowest BCUT2D eigenvalue weighted by molar-refractivity contribution is 0.0635. The number of anilines is 1. The maximum Gasteiger partial charge on any atom is 0.412 e. The molecule has 1 aliphatic rings. The highest BCUT2D eigenvalue weighted by Crippen LogP contribution is 2.32. The van der Waals surface area contributed by atoms with Gasteiger partial charge in [0.05, 0.1) is 0 Å². The van der Waals surface area contributed by atoms with Gasteiger partial charge in [-0.25, -0.2) is 4.79 Å². The van der Waals surface area contributed by atoms with Crippen molar-refractivity contribution >= 4 is 11.8 Å². The molecule has 1 aromatic carbocycles. The van der Waals surface area contributed by atoms with Crippen LogP contribution < -0.4 is 10.6 Å². The summed E-state index contributed by atoms with van der Waals surface area (Å²) in [7, 11) is 0. The molecule has 0 radical (unpaired) electrons. The van der Waals surface area contributed by atoms with Crippen LogP contribution in [-0.2, 0) is 4.74 Å². The topological polar surface area (TPSA) is 70.6 Å². The molecule has 5 nitrogen and oxygen atoms in total. The van der Waals surface area contributed by atoms with Crippen molar-refractivity contribution in [3.63, 3.8) is 0 Å². The highest BCUT2D eigenvalue weighted by molar-refractivity contribution is 5.86. The van der Waals surface area contributed by atoms with E-state index in [1.165, 1.54) is 0 Å². The third-order valence-corrected chi connectivity index (χ3v) is 3.11. The summed E-state index contributed by atoms with van der Waals surface area (Å²) in [6, 6.07) is 5.11. The second kappa shape index (κ2) is 5.71. The number of hydrogen-bond acceptors (Lipinski definition) is 4. The maximum atomic E-state index is 11.9. The molecule has 1 aliphatic heterocycles. The highest BCUT2D eigenvalue weighted by atomic mass is 16.6. The minimum Gasteiger partial charge on any atom is -0.508 e. The average molecular weight is 278 g/mol. The molecule has 1 heterocycles. The number of phenolic OH excluding ortho intramolecular Hbond substituents is 1. The van der Waals surface area contributed by atoms with E-state index in [4.69, 9.17) is 4.74 Å². The molecule has 0 aliphatic carbocycles. The Bertz CT molecular complexity index is 488. The number of carbonyl (C=O) groups is 1. The Hall–Kier alpha value is -1.75. The van der Waals surface area contributed by atoms with Crippen molar-refractivity contribution in [1.82, 2.24) is 5.32 Å². The van der Waals surface area contributed by atoms with Gasteiger partial charge in [-0.3, -0.25) is 5.32 Å². The molecule has 3 N–H and O–H groups in total. The Morgan fingerprint density at radius 1 is 1.45 bits per heavy atom. The lowest BCUT2D eigenvalue weighted by atomic mass is 10.0. The molecule has 0 aromatic heterocycles. The van der Waals surface area contributed by atoms with Crippen molar-refractivity contribution in [2.75, 3.05) is 11.9 Å². The molecular formula is C15H22N2O3. The first-order valence-corrected chi connectivity index (χ1v) is 6.91. The minimum absolute atomic E-state index is 0.159. The van der Waals surface area contributed by atoms with Gasteiger partial charge in [-0.1, -0.05) is 0 Å². The number of phenols is 1. The molecular weight excluding hydrogens is 256 g/mol. The fourth-order valence-electron chi connectivity index (χ4n) is 2.32. The average Bonchev–Trinajstić information content (AvgIpc) is 2.82. The van der Waals surface area contributed by atoms with E-state index in [1.54, 1.807) is 18.2 Å². The van der Waals surface area contributed by atoms with Crippen LogP contribution in [0.4, 0.5) is 10.5 Å². The summed E-state index contributed by atoms with van der Waals surface area (Å²) in [6.07, 6.45) is 1.60. The largest absolute Gasteiger partial charge is 0.508 e. The van der Waals surface area contributed by atoms with E-state index in [0.717, 1.165) is 24.9 Å². The third kappa shape index (κ3) is 3.87. The predicted molar refractivity (Wildman–Crippen MR) is 77.9 cm³/mol. The summed E-state index contributed by atoms with van der Waals surface area (Å²) in [4.78, 5) is 11.9. The van der Waals surface area contributed by atoms with Gasteiger partial charge in [0.2, 0.25) is 0 Å². The lowest BCUT2D eigenvalue weighted by Crippen LogP contribution is -2.28. The Labute approximate surface area is 119 Å². The Kier molecular flexibility index (Phi) is 4.18. The molecule has 110 valence electrons. The van der Waals surface area contributed by atoms with Crippen LogP contribution in [0, 0.1) is 0 Å². The molecule has 1 amide bonds. The lowest BCUT2D eigenvalue weighted by Gasteiger charge is -2.21. The fraction of sp³-hybridized carbons (Fsp3) is 0.533. The predicted octanol–water partition coefficient (Wildman–Crippen LogP) is 3.16. The van der Waals surface area contributed by atoms with E-state index in [1.807, 2.05) is 20.8 Å². The van der Waals surface area contributed by atoms with E-state index in [2.05, 4.69) is 10.6 Å². The molecule has 0 saturated carbocycles. The van der Waals surface area contributed by atoms with Gasteiger partial charge in [0, 0.05) is 11.7 Å². The van der Waals surface area contributed by atoms with Gasteiger partial charge in [-0.15, -0.1) is 0 Å². The number of amides is 1. The van der Waals surface area contributed by atoms with Gasteiger partial charge in [-0.2, -0.15) is 0 Å². The van der Waals surface area contributed by atoms with Gasteiger partial charge >= 0.3 is 6.09 Å². The van der Waals surface area contributed by atoms with E-state index < -0.39 is 11.7 Å². The molecule has 1 aromatic rings. The molecule has 2 rings (SSSR count). The summed E-state index contributed by atoms with van der Waals surface area (Å²) in [5.41, 5.74) is 1.04. The summed E-state index contributed by atoms with van der Waals surface area (Å²) < 4.78 is 5.26. The number of rotatable bonds is 2. The van der Waals surface area contributed by atoms with E-state index in [9.17, 15) is 9.90 Å². The van der Waals surface area contributed by atoms with Gasteiger partial charge in [0.15, 0.2) is 0 Å². The zero-order valence-electron chi connectivity index (χ0n) is 12.2. The van der Waals surface area contributed by atoms with Crippen LogP contribution in [0.2, 0.25) is 0 Å². The normalized spacial score (nSPS) is 18.9. The minimum atomic E-state index is -0.535. The van der Waals surface area contributed by atoms with Crippen LogP contribution in [-0.4, -0.2) is 23.3 Å². The third-order valence-electron chi connectivity index (χ3n) is 3.11. The molecule has 1 saturated heterocycles. The van der Waals surface area contributed by atoms with Crippen molar-refractivity contribution in [2.24, 2.45) is 0 Å². The van der Waals surface area contributed by atoms with E-state index in [0.29, 0.717) is 5.69 Å². The second-order valence-electron chi connectivity index (χ2n) is 6.05. The first-order chi connectivity index (χ1) is 9.35. The molecule has 0 bridgehead atoms. The molecule has 0 spiro atoms. The van der Waals surface area contributed by atoms with Crippen molar-refractivity contribution in [2.45, 2.75) is 45.3 Å². The van der Waals surface area contributed by atoms with Crippen molar-refractivity contribution in [3.05, 3.63) is 23.8 Å². The van der Waals surface area contributed by atoms with E-state index >= 15 is 0 Å². The first kappa shape index (κ1) is 14.7. The molecule has 1 unspecified atom stereocenters. The SMILES string of the molecule is CC(C)(C)OC(=O)Nc1ccc(O)cc1C1CCCN1. The highest BCUT2D eigenvalue weighted by Gasteiger charge is 2.22. The summed E-state index contributed by atoms with van der Waals surface area (Å²) in [6.45, 7) is 6.42. The van der Waals surface area contributed by atoms with Gasteiger partial charge in [-0.05, 0) is 63.9 Å². The summed E-state index contributed by atoms with van der Waals surface area (Å²) in [5.74, 6) is 0.198. The van der Waals surface area contributed by atoms with Gasteiger partial charge in [0.25, 0.3) is 0 Å². The zero-order valence-corrected chi connectivity index (χ0v) is 12.2. The van der Waals surface area contributed by atoms with Crippen molar-refractivity contribution in [1.29, 1.82) is 0 Å². The number of carbonyl (C=O) groups excluding carboxylic acids is 1. The first-order valence-electron chi connectivity index (χ1n) is 6.91. The monoisotopic (exact) mass is 278 g/mol. The zero-order chi connectivity index (χ0) is 14.8. The van der Waals surface area contributed by atoms with E-state index in [-0.39, 0.29) is 11.8 Å². The number of ether oxygens (including phenoxy) is 1. The standard InChI is InChI=1S/C15H22N2O3/c1-15(2,3)20-14(19)17-13-7-6-10(18)9-11(13)12-5-4-8-16-12/h6-7,9,12,16,18H,4-5,8H2,1-3H3,(H,17,19). The smallest absolute Gasteiger partial charge is 0.412 e. The Morgan fingerprint density at radius 3 is 2.80 bits per heavy atom. The molecule has 5 heteroatoms. The molecule has 1 atom stereocenters. The Morgan fingerprint density at radius 2 is 2.20 bits per heavy atom. The van der Waals surface area contributed by atoms with Crippen LogP contribution in [0.1, 0.15) is 45.2 Å². The second-order valence-corrected chi connectivity index (χ2v) is 6.05. The maximum absolute atomic E-state index is 11.9. The number of aromatic hydroxyl groups is 1. The van der Waals surface area contributed by atoms with Crippen LogP contribution in [0.5, 0.6) is 5.75 Å². The van der Waals surface area contributed by atoms with Gasteiger partial charge in [0.1, 0.15) is 11.4 Å². The molecule has 1 fully saturated rings. The van der Waals surface area contributed by atoms with Crippen LogP contribution in [0.25, 0.3) is 0 Å². The van der Waals surface area contributed by atoms with Crippen molar-refractivity contribution < 1.29 is 14.6 Å². The summed E-state index contributed by atoms with van der Waals surface area (Å²) in [5, 5.41) is 15.8. The number of nitrogens with one attached hydrogen (secondary N) is 2. The van der Waals surface area contributed by atoms with Crippen LogP contribution in [0.3, 0.4) is 0 Å². The fourth-order valence-corrected chi connectivity index (χ4v) is 2.32. The summed E-state index contributed by atoms with van der Waals surface area (Å²) >= 11 is 0. The van der Waals surface area contributed by atoms with Gasteiger partial charge < -0.3 is 15.2 Å². The van der Waals surface area contributed by atoms with Crippen LogP contribution in [0.15, 0.2) is 18.2 Å². The number of hydrogen-bond donors (Lipinski definition) is 3.